The van der Waals surface area contributed by atoms with Gasteiger partial charge in [-0.3, -0.25) is 9.98 Å². The fourth-order valence-corrected chi connectivity index (χ4v) is 4.48. The summed E-state index contributed by atoms with van der Waals surface area (Å²) in [5.74, 6) is -1.66. The minimum absolute atomic E-state index is 0. The number of carbonyl (C=O) groups excluding carboxylic acids is 2. The van der Waals surface area contributed by atoms with Crippen LogP contribution < -0.4 is 10.2 Å². The molecule has 9 heteroatoms. The molecule has 3 aromatic carbocycles. The SMILES string of the molecule is CC(=O)[O-].CC(=O)[O-].CC(C)(C)c1cc(C=Nc2ccccc2N=Cc2cc(C(C)(C)C)cc(C(C)(C)C)c2O)c(O)c(C(C)(C)C)c1.[Co+2]. The van der Waals surface area contributed by atoms with Crippen LogP contribution in [0.4, 0.5) is 11.4 Å². The molecule has 0 atom stereocenters. The molecule has 0 aliphatic heterocycles. The summed E-state index contributed by atoms with van der Waals surface area (Å²) in [5.41, 5.74) is 6.23. The summed E-state index contributed by atoms with van der Waals surface area (Å²) in [5, 5.41) is 40.1. The smallest absolute Gasteiger partial charge is 0.550 e. The fourth-order valence-electron chi connectivity index (χ4n) is 4.48. The third kappa shape index (κ3) is 14.6. The molecule has 1 radical (unpaired) electrons. The third-order valence-corrected chi connectivity index (χ3v) is 7.19. The Hall–Kier alpha value is -3.95. The molecule has 8 nitrogen and oxygen atoms in total. The number of carbonyl (C=O) groups is 2. The Labute approximate surface area is 303 Å². The number of aromatic hydroxyl groups is 2. The number of para-hydroxylation sites is 2. The van der Waals surface area contributed by atoms with Crippen LogP contribution in [-0.2, 0) is 48.0 Å². The Balaban J connectivity index is 0.00000230. The molecule has 0 aromatic heterocycles. The molecule has 49 heavy (non-hydrogen) atoms. The van der Waals surface area contributed by atoms with Crippen LogP contribution in [0, 0.1) is 0 Å². The molecular formula is C40H54CoN2O6. The van der Waals surface area contributed by atoms with Crippen LogP contribution in [-0.4, -0.2) is 34.6 Å². The van der Waals surface area contributed by atoms with Crippen molar-refractivity contribution in [3.8, 4) is 11.5 Å². The molecule has 0 aliphatic rings. The van der Waals surface area contributed by atoms with Crippen molar-refractivity contribution in [1.29, 1.82) is 0 Å². The minimum Gasteiger partial charge on any atom is -0.550 e. The third-order valence-electron chi connectivity index (χ3n) is 7.19. The number of carboxylic acids is 2. The molecule has 269 valence electrons. The summed E-state index contributed by atoms with van der Waals surface area (Å²) in [6.07, 6.45) is 3.45. The molecule has 0 bridgehead atoms. The predicted octanol–water partition coefficient (Wildman–Crippen LogP) is 7.30. The Bertz CT molecular complexity index is 1520. The molecule has 0 saturated carbocycles. The van der Waals surface area contributed by atoms with Gasteiger partial charge in [0.2, 0.25) is 0 Å². The van der Waals surface area contributed by atoms with E-state index in [1.807, 2.05) is 36.4 Å². The van der Waals surface area contributed by atoms with Crippen molar-refractivity contribution in [2.24, 2.45) is 9.98 Å². The van der Waals surface area contributed by atoms with Crippen LogP contribution in [0.25, 0.3) is 0 Å². The number of benzene rings is 3. The number of hydrogen-bond donors (Lipinski definition) is 2. The molecular weight excluding hydrogens is 663 g/mol. The molecule has 0 aliphatic carbocycles. The van der Waals surface area contributed by atoms with Gasteiger partial charge in [0, 0.05) is 46.6 Å². The summed E-state index contributed by atoms with van der Waals surface area (Å²) < 4.78 is 0. The van der Waals surface area contributed by atoms with Gasteiger partial charge in [0.1, 0.15) is 11.5 Å². The normalized spacial score (nSPS) is 12.0. The fraction of sp³-hybridized carbons (Fsp3) is 0.450. The summed E-state index contributed by atoms with van der Waals surface area (Å²) in [6, 6.07) is 15.9. The van der Waals surface area contributed by atoms with Crippen molar-refractivity contribution in [2.45, 2.75) is 119 Å². The van der Waals surface area contributed by atoms with Crippen molar-refractivity contribution in [2.75, 3.05) is 0 Å². The van der Waals surface area contributed by atoms with E-state index in [9.17, 15) is 10.2 Å². The number of aliphatic imine (C=N–C) groups is 2. The van der Waals surface area contributed by atoms with Crippen LogP contribution in [0.5, 0.6) is 11.5 Å². The predicted molar refractivity (Wildman–Crippen MR) is 193 cm³/mol. The van der Waals surface area contributed by atoms with Gasteiger partial charge in [-0.15, -0.1) is 0 Å². The van der Waals surface area contributed by atoms with Gasteiger partial charge in [-0.1, -0.05) is 107 Å². The van der Waals surface area contributed by atoms with Gasteiger partial charge in [0.15, 0.2) is 0 Å². The van der Waals surface area contributed by atoms with Gasteiger partial charge in [-0.25, -0.2) is 0 Å². The number of phenols is 2. The maximum absolute atomic E-state index is 11.2. The number of aliphatic carboxylic acids is 2. The first-order chi connectivity index (χ1) is 21.7. The van der Waals surface area contributed by atoms with E-state index in [2.05, 4.69) is 95.2 Å². The number of carboxylic acid groups (broad SMARTS) is 2. The maximum Gasteiger partial charge on any atom is 2.00 e. The van der Waals surface area contributed by atoms with Crippen LogP contribution in [0.1, 0.15) is 130 Å². The summed E-state index contributed by atoms with van der Waals surface area (Å²) >= 11 is 0. The summed E-state index contributed by atoms with van der Waals surface area (Å²) in [6.45, 7) is 27.6. The van der Waals surface area contributed by atoms with E-state index in [4.69, 9.17) is 29.8 Å². The van der Waals surface area contributed by atoms with Crippen molar-refractivity contribution >= 4 is 35.7 Å². The number of phenolic OH excluding ortho intramolecular Hbond substituents is 2. The van der Waals surface area contributed by atoms with E-state index in [1.54, 1.807) is 12.4 Å². The van der Waals surface area contributed by atoms with Crippen LogP contribution in [0.3, 0.4) is 0 Å². The number of nitrogens with zero attached hydrogens (tertiary/aromatic N) is 2. The Morgan fingerprint density at radius 1 is 0.571 bits per heavy atom. The number of rotatable bonds is 4. The van der Waals surface area contributed by atoms with Crippen molar-refractivity contribution in [1.82, 2.24) is 0 Å². The van der Waals surface area contributed by atoms with E-state index in [0.717, 1.165) is 36.1 Å². The van der Waals surface area contributed by atoms with Crippen molar-refractivity contribution in [3.05, 3.63) is 81.9 Å². The zero-order valence-electron chi connectivity index (χ0n) is 31.5. The van der Waals surface area contributed by atoms with Gasteiger partial charge >= 0.3 is 16.8 Å². The Kier molecular flexibility index (Phi) is 16.2. The first kappa shape index (κ1) is 45.0. The van der Waals surface area contributed by atoms with E-state index in [0.29, 0.717) is 22.5 Å². The molecule has 2 N–H and O–H groups in total. The Morgan fingerprint density at radius 2 is 0.837 bits per heavy atom. The van der Waals surface area contributed by atoms with Gasteiger partial charge in [0.05, 0.1) is 11.4 Å². The Morgan fingerprint density at radius 3 is 1.06 bits per heavy atom. The molecule has 0 saturated heterocycles. The van der Waals surface area contributed by atoms with Gasteiger partial charge in [-0.05, 0) is 70.9 Å². The van der Waals surface area contributed by atoms with Gasteiger partial charge in [0.25, 0.3) is 0 Å². The quantitative estimate of drug-likeness (QED) is 0.271. The average Bonchev–Trinajstić information content (AvgIpc) is 2.89. The van der Waals surface area contributed by atoms with Crippen molar-refractivity contribution in [3.63, 3.8) is 0 Å². The zero-order valence-corrected chi connectivity index (χ0v) is 32.6. The van der Waals surface area contributed by atoms with E-state index < -0.39 is 11.9 Å². The largest absolute Gasteiger partial charge is 2.00 e. The van der Waals surface area contributed by atoms with Gasteiger partial charge < -0.3 is 30.0 Å². The topological polar surface area (TPSA) is 145 Å². The monoisotopic (exact) mass is 717 g/mol. The standard InChI is InChI=1S/C36H48N2O2.2C2H4O2.Co/c1-33(2,3)25-17-23(31(39)27(19-25)35(7,8)9)21-37-29-15-13-14-16-30(29)38-22-24-18-26(34(4,5)6)20-28(32(24)40)36(10,11)12;2*1-2(3)4;/h13-22,39-40H,1-12H3;2*1H3,(H,3,4);/q;;;+2/p-2. The molecule has 0 spiro atoms. The van der Waals surface area contributed by atoms with E-state index in [1.165, 1.54) is 0 Å². The van der Waals surface area contributed by atoms with E-state index >= 15 is 0 Å². The first-order valence-corrected chi connectivity index (χ1v) is 15.9. The molecule has 3 rings (SSSR count). The number of hydrogen-bond acceptors (Lipinski definition) is 8. The van der Waals surface area contributed by atoms with Crippen molar-refractivity contribution < 1.29 is 46.8 Å². The zero-order chi connectivity index (χ0) is 37.4. The second kappa shape index (κ2) is 17.6. The van der Waals surface area contributed by atoms with Gasteiger partial charge in [-0.2, -0.15) is 0 Å². The summed E-state index contributed by atoms with van der Waals surface area (Å²) in [7, 11) is 0. The first-order valence-electron chi connectivity index (χ1n) is 15.9. The van der Waals surface area contributed by atoms with Crippen LogP contribution >= 0.6 is 0 Å². The molecule has 0 amide bonds. The average molecular weight is 718 g/mol. The summed E-state index contributed by atoms with van der Waals surface area (Å²) in [4.78, 5) is 27.3. The second-order valence-corrected chi connectivity index (χ2v) is 15.9. The molecule has 0 fully saturated rings. The molecule has 0 heterocycles. The minimum atomic E-state index is -1.08. The molecule has 0 unspecified atom stereocenters. The van der Waals surface area contributed by atoms with Crippen LogP contribution in [0.15, 0.2) is 58.5 Å². The second-order valence-electron chi connectivity index (χ2n) is 15.9. The van der Waals surface area contributed by atoms with Crippen LogP contribution in [0.2, 0.25) is 0 Å². The van der Waals surface area contributed by atoms with E-state index in [-0.39, 0.29) is 49.9 Å². The molecule has 3 aromatic rings. The maximum atomic E-state index is 11.2.